The molecule has 7 nitrogen and oxygen atoms in total. The van der Waals surface area contributed by atoms with E-state index in [1.807, 2.05) is 43.0 Å². The Morgan fingerprint density at radius 3 is 2.55 bits per heavy atom. The first-order chi connectivity index (χ1) is 13.8. The first-order valence-corrected chi connectivity index (χ1v) is 9.78. The van der Waals surface area contributed by atoms with Gasteiger partial charge >= 0.3 is 0 Å². The largest absolute Gasteiger partial charge is 0.496 e. The van der Waals surface area contributed by atoms with E-state index in [4.69, 9.17) is 4.74 Å². The highest BCUT2D eigenvalue weighted by molar-refractivity contribution is 5.96. The normalized spacial score (nSPS) is 14.0. The molecule has 7 heteroatoms. The van der Waals surface area contributed by atoms with Crippen molar-refractivity contribution >= 4 is 17.3 Å². The Labute approximate surface area is 170 Å². The van der Waals surface area contributed by atoms with Crippen LogP contribution < -0.4 is 15.0 Å². The zero-order valence-electron chi connectivity index (χ0n) is 17.1. The Kier molecular flexibility index (Phi) is 6.06. The number of carbonyl (C=O) groups is 1. The van der Waals surface area contributed by atoms with Gasteiger partial charge in [0.2, 0.25) is 0 Å². The van der Waals surface area contributed by atoms with E-state index < -0.39 is 10.5 Å². The lowest BCUT2D eigenvalue weighted by atomic mass is 9.93. The number of nitro benzene ring substituents is 1. The molecule has 1 fully saturated rings. The summed E-state index contributed by atoms with van der Waals surface area (Å²) >= 11 is 0. The van der Waals surface area contributed by atoms with E-state index in [9.17, 15) is 14.9 Å². The van der Waals surface area contributed by atoms with Gasteiger partial charge in [0.1, 0.15) is 11.4 Å². The fourth-order valence-electron chi connectivity index (χ4n) is 3.79. The van der Waals surface area contributed by atoms with E-state index in [-0.39, 0.29) is 17.2 Å². The second-order valence-electron chi connectivity index (χ2n) is 7.98. The summed E-state index contributed by atoms with van der Waals surface area (Å²) in [5.74, 6) is 0.432. The minimum absolute atomic E-state index is 0.0258. The van der Waals surface area contributed by atoms with Gasteiger partial charge in [-0.2, -0.15) is 0 Å². The highest BCUT2D eigenvalue weighted by atomic mass is 16.6. The van der Waals surface area contributed by atoms with Crippen molar-refractivity contribution in [3.05, 3.63) is 63.7 Å². The maximum Gasteiger partial charge on any atom is 0.293 e. The number of ether oxygens (including phenoxy) is 1. The van der Waals surface area contributed by atoms with Crippen molar-refractivity contribution in [3.8, 4) is 5.75 Å². The molecule has 0 unspecified atom stereocenters. The second-order valence-corrected chi connectivity index (χ2v) is 7.98. The molecule has 2 aromatic rings. The maximum absolute atomic E-state index is 12.8. The highest BCUT2D eigenvalue weighted by Gasteiger charge is 2.27. The Bertz CT molecular complexity index is 905. The standard InChI is InChI=1S/C22H27N3O4/c1-22(2,15-17-8-4-5-9-20(17)29-3)23-21(26)16-10-11-18(19(14-16)25(27)28)24-12-6-7-13-24/h4-5,8-11,14H,6-7,12-13,15H2,1-3H3,(H,23,26). The van der Waals surface area contributed by atoms with Crippen LogP contribution in [0.2, 0.25) is 0 Å². The lowest BCUT2D eigenvalue weighted by Crippen LogP contribution is -2.45. The van der Waals surface area contributed by atoms with Gasteiger partial charge in [-0.3, -0.25) is 14.9 Å². The van der Waals surface area contributed by atoms with E-state index in [0.717, 1.165) is 37.2 Å². The third-order valence-electron chi connectivity index (χ3n) is 5.16. The molecule has 0 aromatic heterocycles. The summed E-state index contributed by atoms with van der Waals surface area (Å²) in [4.78, 5) is 26.0. The maximum atomic E-state index is 12.8. The van der Waals surface area contributed by atoms with Crippen LogP contribution in [-0.4, -0.2) is 36.6 Å². The number of nitrogens with one attached hydrogen (secondary N) is 1. The summed E-state index contributed by atoms with van der Waals surface area (Å²) in [6, 6.07) is 12.4. The molecule has 0 aliphatic carbocycles. The monoisotopic (exact) mass is 397 g/mol. The van der Waals surface area contributed by atoms with Crippen LogP contribution in [0.15, 0.2) is 42.5 Å². The third kappa shape index (κ3) is 4.85. The number of rotatable bonds is 7. The average Bonchev–Trinajstić information content (AvgIpc) is 3.21. The first kappa shape index (κ1) is 20.6. The molecule has 1 aliphatic heterocycles. The summed E-state index contributed by atoms with van der Waals surface area (Å²) in [5.41, 5.74) is 1.26. The number of amides is 1. The van der Waals surface area contributed by atoms with E-state index >= 15 is 0 Å². The average molecular weight is 397 g/mol. The lowest BCUT2D eigenvalue weighted by molar-refractivity contribution is -0.384. The summed E-state index contributed by atoms with van der Waals surface area (Å²) in [6.45, 7) is 5.45. The van der Waals surface area contributed by atoms with Crippen LogP contribution in [0.1, 0.15) is 42.6 Å². The molecule has 1 saturated heterocycles. The molecule has 1 N–H and O–H groups in total. The number of para-hydroxylation sites is 1. The second kappa shape index (κ2) is 8.51. The Balaban J connectivity index is 1.78. The van der Waals surface area contributed by atoms with Gasteiger partial charge in [-0.15, -0.1) is 0 Å². The van der Waals surface area contributed by atoms with Gasteiger partial charge in [-0.05, 0) is 56.9 Å². The quantitative estimate of drug-likeness (QED) is 0.565. The van der Waals surface area contributed by atoms with Crippen molar-refractivity contribution in [2.75, 3.05) is 25.1 Å². The summed E-state index contributed by atoms with van der Waals surface area (Å²) in [7, 11) is 1.62. The Morgan fingerprint density at radius 2 is 1.90 bits per heavy atom. The zero-order valence-corrected chi connectivity index (χ0v) is 17.1. The molecule has 1 aliphatic rings. The summed E-state index contributed by atoms with van der Waals surface area (Å²) in [5, 5.41) is 14.6. The molecule has 3 rings (SSSR count). The van der Waals surface area contributed by atoms with Crippen molar-refractivity contribution in [1.82, 2.24) is 5.32 Å². The molecule has 0 spiro atoms. The number of hydrogen-bond donors (Lipinski definition) is 1. The highest BCUT2D eigenvalue weighted by Crippen LogP contribution is 2.32. The predicted octanol–water partition coefficient (Wildman–Crippen LogP) is 3.95. The molecule has 1 heterocycles. The van der Waals surface area contributed by atoms with Crippen molar-refractivity contribution in [1.29, 1.82) is 0 Å². The Morgan fingerprint density at radius 1 is 1.21 bits per heavy atom. The van der Waals surface area contributed by atoms with Gasteiger partial charge in [-0.1, -0.05) is 18.2 Å². The molecule has 154 valence electrons. The molecule has 0 bridgehead atoms. The van der Waals surface area contributed by atoms with Gasteiger partial charge in [0.15, 0.2) is 0 Å². The first-order valence-electron chi connectivity index (χ1n) is 9.78. The summed E-state index contributed by atoms with van der Waals surface area (Å²) in [6.07, 6.45) is 2.61. The van der Waals surface area contributed by atoms with Crippen molar-refractivity contribution in [2.24, 2.45) is 0 Å². The van der Waals surface area contributed by atoms with Crippen LogP contribution in [0.4, 0.5) is 11.4 Å². The number of methoxy groups -OCH3 is 1. The Hall–Kier alpha value is -3.09. The number of anilines is 1. The lowest BCUT2D eigenvalue weighted by Gasteiger charge is -2.27. The van der Waals surface area contributed by atoms with Gasteiger partial charge in [0, 0.05) is 30.3 Å². The fourth-order valence-corrected chi connectivity index (χ4v) is 3.79. The molecule has 0 atom stereocenters. The van der Waals surface area contributed by atoms with Crippen molar-refractivity contribution in [3.63, 3.8) is 0 Å². The fraction of sp³-hybridized carbons (Fsp3) is 0.409. The van der Waals surface area contributed by atoms with E-state index in [1.54, 1.807) is 19.2 Å². The minimum atomic E-state index is -0.561. The molecule has 0 saturated carbocycles. The number of nitrogens with zero attached hydrogens (tertiary/aromatic N) is 2. The predicted molar refractivity (Wildman–Crippen MR) is 113 cm³/mol. The van der Waals surface area contributed by atoms with Gasteiger partial charge < -0.3 is 15.0 Å². The number of hydrogen-bond acceptors (Lipinski definition) is 5. The molecular formula is C22H27N3O4. The van der Waals surface area contributed by atoms with Crippen LogP contribution in [0, 0.1) is 10.1 Å². The van der Waals surface area contributed by atoms with E-state index in [0.29, 0.717) is 12.1 Å². The summed E-state index contributed by atoms with van der Waals surface area (Å²) < 4.78 is 5.39. The van der Waals surface area contributed by atoms with Crippen LogP contribution >= 0.6 is 0 Å². The smallest absolute Gasteiger partial charge is 0.293 e. The number of benzene rings is 2. The number of carbonyl (C=O) groups excluding carboxylic acids is 1. The van der Waals surface area contributed by atoms with E-state index in [1.165, 1.54) is 6.07 Å². The zero-order chi connectivity index (χ0) is 21.0. The number of nitro groups is 1. The topological polar surface area (TPSA) is 84.7 Å². The molecule has 1 amide bonds. The van der Waals surface area contributed by atoms with Crippen molar-refractivity contribution < 1.29 is 14.5 Å². The van der Waals surface area contributed by atoms with Crippen LogP contribution in [0.3, 0.4) is 0 Å². The van der Waals surface area contributed by atoms with E-state index in [2.05, 4.69) is 5.32 Å². The van der Waals surface area contributed by atoms with Gasteiger partial charge in [-0.25, -0.2) is 0 Å². The third-order valence-corrected chi connectivity index (χ3v) is 5.16. The van der Waals surface area contributed by atoms with Crippen LogP contribution in [-0.2, 0) is 6.42 Å². The SMILES string of the molecule is COc1ccccc1CC(C)(C)NC(=O)c1ccc(N2CCCC2)c([N+](=O)[O-])c1. The van der Waals surface area contributed by atoms with Crippen LogP contribution in [0.5, 0.6) is 5.75 Å². The molecule has 2 aromatic carbocycles. The molecule has 0 radical (unpaired) electrons. The van der Waals surface area contributed by atoms with Gasteiger partial charge in [0.05, 0.1) is 12.0 Å². The molecule has 29 heavy (non-hydrogen) atoms. The van der Waals surface area contributed by atoms with Crippen LogP contribution in [0.25, 0.3) is 0 Å². The minimum Gasteiger partial charge on any atom is -0.496 e. The molecular weight excluding hydrogens is 370 g/mol. The van der Waals surface area contributed by atoms with Crippen molar-refractivity contribution in [2.45, 2.75) is 38.6 Å². The van der Waals surface area contributed by atoms with Gasteiger partial charge in [0.25, 0.3) is 11.6 Å².